The Morgan fingerprint density at radius 2 is 1.71 bits per heavy atom. The minimum atomic E-state index is -4.06. The molecule has 0 radical (unpaired) electrons. The molecule has 0 heterocycles. The largest absolute Gasteiger partial charge is 0.393 e. The third-order valence-corrected chi connectivity index (χ3v) is 11.6. The summed E-state index contributed by atoms with van der Waals surface area (Å²) < 4.78 is 30.5. The van der Waals surface area contributed by atoms with E-state index in [1.807, 2.05) is 0 Å². The highest BCUT2D eigenvalue weighted by molar-refractivity contribution is 7.85. The normalized spacial score (nSPS) is 45.1. The number of rotatable bonds is 7. The predicted octanol–water partition coefficient (Wildman–Crippen LogP) is 3.40. The zero-order valence-electron chi connectivity index (χ0n) is 21.1. The van der Waals surface area contributed by atoms with E-state index in [9.17, 15) is 23.4 Å². The van der Waals surface area contributed by atoms with Crippen LogP contribution in [0.4, 0.5) is 0 Å². The van der Waals surface area contributed by atoms with Crippen LogP contribution in [-0.4, -0.2) is 53.6 Å². The highest BCUT2D eigenvalue weighted by Gasteiger charge is 2.62. The van der Waals surface area contributed by atoms with E-state index >= 15 is 0 Å². The Morgan fingerprint density at radius 3 is 2.41 bits per heavy atom. The number of aliphatic hydroxyl groups excluding tert-OH is 2. The fourth-order valence-corrected chi connectivity index (χ4v) is 9.50. The summed E-state index contributed by atoms with van der Waals surface area (Å²) in [5.41, 5.74) is 0.411. The predicted molar refractivity (Wildman–Crippen MR) is 130 cm³/mol. The van der Waals surface area contributed by atoms with Gasteiger partial charge in [0.25, 0.3) is 10.1 Å². The molecule has 8 heteroatoms. The van der Waals surface area contributed by atoms with Gasteiger partial charge in [-0.05, 0) is 104 Å². The lowest BCUT2D eigenvalue weighted by atomic mass is 9.43. The minimum absolute atomic E-state index is 0.0625. The van der Waals surface area contributed by atoms with Crippen molar-refractivity contribution in [2.24, 2.45) is 46.3 Å². The van der Waals surface area contributed by atoms with Gasteiger partial charge in [0.2, 0.25) is 5.91 Å². The van der Waals surface area contributed by atoms with E-state index in [1.165, 1.54) is 6.42 Å². The Balaban J connectivity index is 1.39. The van der Waals surface area contributed by atoms with Crippen molar-refractivity contribution in [1.29, 1.82) is 0 Å². The minimum Gasteiger partial charge on any atom is -0.393 e. The number of carbonyl (C=O) groups excluding carboxylic acids is 1. The molecule has 0 bridgehead atoms. The van der Waals surface area contributed by atoms with E-state index in [2.05, 4.69) is 26.1 Å². The standard InChI is InChI=1S/C26H45NO6S/c1-16(4-7-23(30)27-12-13-34(31,32)33)19-5-6-20-24-21(9-11-26(19,20)3)25(2)10-8-18(28)14-17(25)15-22(24)29/h16-22,24,28-29H,4-15H2,1-3H3,(H,27,30)(H,31,32,33)/t16?,17-,18+,19+,20?,21?,22+,24?,25-,26+/m0/s1. The van der Waals surface area contributed by atoms with Crippen LogP contribution in [0.3, 0.4) is 0 Å². The van der Waals surface area contributed by atoms with Crippen molar-refractivity contribution in [3.63, 3.8) is 0 Å². The molecule has 0 spiro atoms. The second-order valence-corrected chi connectivity index (χ2v) is 14.2. The van der Waals surface area contributed by atoms with Crippen molar-refractivity contribution in [3.8, 4) is 0 Å². The molecule has 4 saturated carbocycles. The Bertz CT molecular complexity index is 863. The van der Waals surface area contributed by atoms with E-state index in [4.69, 9.17) is 4.55 Å². The number of nitrogens with one attached hydrogen (secondary N) is 1. The first-order valence-corrected chi connectivity index (χ1v) is 15.0. The lowest BCUT2D eigenvalue weighted by Gasteiger charge is -2.62. The van der Waals surface area contributed by atoms with Gasteiger partial charge in [-0.2, -0.15) is 8.42 Å². The van der Waals surface area contributed by atoms with Crippen LogP contribution in [0, 0.1) is 46.3 Å². The summed E-state index contributed by atoms with van der Waals surface area (Å²) in [6, 6.07) is 0. The number of amides is 1. The number of hydrogen-bond acceptors (Lipinski definition) is 5. The summed E-state index contributed by atoms with van der Waals surface area (Å²) in [6.45, 7) is 7.05. The molecule has 4 aliphatic rings. The molecule has 4 rings (SSSR count). The van der Waals surface area contributed by atoms with Crippen molar-refractivity contribution < 1.29 is 28.0 Å². The van der Waals surface area contributed by atoms with Gasteiger partial charge in [0.05, 0.1) is 18.0 Å². The molecule has 4 aliphatic carbocycles. The van der Waals surface area contributed by atoms with Gasteiger partial charge < -0.3 is 15.5 Å². The van der Waals surface area contributed by atoms with Gasteiger partial charge in [-0.15, -0.1) is 0 Å². The Kier molecular flexibility index (Phi) is 7.47. The van der Waals surface area contributed by atoms with Gasteiger partial charge >= 0.3 is 0 Å². The van der Waals surface area contributed by atoms with Crippen molar-refractivity contribution in [1.82, 2.24) is 5.32 Å². The van der Waals surface area contributed by atoms with Crippen LogP contribution in [0.2, 0.25) is 0 Å². The van der Waals surface area contributed by atoms with Gasteiger partial charge in [-0.25, -0.2) is 0 Å². The fourth-order valence-electron chi connectivity index (χ4n) is 9.14. The molecule has 4 N–H and O–H groups in total. The molecule has 4 unspecified atom stereocenters. The number of fused-ring (bicyclic) bond motifs is 5. The van der Waals surface area contributed by atoms with E-state index < -0.39 is 15.9 Å². The summed E-state index contributed by atoms with van der Waals surface area (Å²) in [5.74, 6) is 2.10. The third kappa shape index (κ3) is 4.94. The molecular weight excluding hydrogens is 454 g/mol. The van der Waals surface area contributed by atoms with Gasteiger partial charge in [-0.1, -0.05) is 20.8 Å². The molecule has 196 valence electrons. The molecule has 34 heavy (non-hydrogen) atoms. The first-order chi connectivity index (χ1) is 15.8. The summed E-state index contributed by atoms with van der Waals surface area (Å²) in [6.07, 6.45) is 8.87. The Hall–Kier alpha value is -0.700. The zero-order chi connectivity index (χ0) is 24.9. The quantitative estimate of drug-likeness (QED) is 0.398. The average Bonchev–Trinajstić information content (AvgIpc) is 3.09. The molecule has 0 aliphatic heterocycles. The van der Waals surface area contributed by atoms with Crippen LogP contribution in [0.1, 0.15) is 85.0 Å². The molecule has 1 amide bonds. The summed E-state index contributed by atoms with van der Waals surface area (Å²) in [4.78, 5) is 12.2. The van der Waals surface area contributed by atoms with Gasteiger partial charge in [0, 0.05) is 13.0 Å². The molecule has 0 saturated heterocycles. The number of carbonyl (C=O) groups is 1. The van der Waals surface area contributed by atoms with Crippen LogP contribution in [0.25, 0.3) is 0 Å². The SMILES string of the molecule is CC(CCC(=O)NCCS(=O)(=O)O)[C@H]1CCC2C3C(CC[C@@]21C)[C@@]1(C)CC[C@@H](O)C[C@H]1C[C@H]3O. The highest BCUT2D eigenvalue weighted by atomic mass is 32.2. The average molecular weight is 500 g/mol. The smallest absolute Gasteiger partial charge is 0.266 e. The van der Waals surface area contributed by atoms with E-state index in [1.54, 1.807) is 0 Å². The van der Waals surface area contributed by atoms with Crippen molar-refractivity contribution in [3.05, 3.63) is 0 Å². The van der Waals surface area contributed by atoms with Crippen molar-refractivity contribution in [2.45, 2.75) is 97.2 Å². The monoisotopic (exact) mass is 499 g/mol. The van der Waals surface area contributed by atoms with E-state index in [0.29, 0.717) is 41.9 Å². The Labute approximate surface area is 205 Å². The van der Waals surface area contributed by atoms with Gasteiger partial charge in [0.15, 0.2) is 0 Å². The summed E-state index contributed by atoms with van der Waals surface area (Å²) in [7, 11) is -4.06. The molecule has 0 aromatic rings. The van der Waals surface area contributed by atoms with Gasteiger partial charge in [0.1, 0.15) is 0 Å². The van der Waals surface area contributed by atoms with Crippen LogP contribution < -0.4 is 5.32 Å². The molecule has 4 fully saturated rings. The number of hydrogen-bond donors (Lipinski definition) is 4. The second kappa shape index (κ2) is 9.64. The topological polar surface area (TPSA) is 124 Å². The lowest BCUT2D eigenvalue weighted by Crippen LogP contribution is -2.58. The maximum Gasteiger partial charge on any atom is 0.266 e. The molecule has 10 atom stereocenters. The van der Waals surface area contributed by atoms with Gasteiger partial charge in [-0.3, -0.25) is 9.35 Å². The van der Waals surface area contributed by atoms with Crippen LogP contribution in [0.15, 0.2) is 0 Å². The molecule has 0 aromatic carbocycles. The van der Waals surface area contributed by atoms with E-state index in [0.717, 1.165) is 51.4 Å². The molecule has 7 nitrogen and oxygen atoms in total. The number of aliphatic hydroxyl groups is 2. The molecular formula is C26H45NO6S. The zero-order valence-corrected chi connectivity index (χ0v) is 21.9. The van der Waals surface area contributed by atoms with Crippen LogP contribution in [0.5, 0.6) is 0 Å². The summed E-state index contributed by atoms with van der Waals surface area (Å²) >= 11 is 0. The first kappa shape index (κ1) is 26.4. The highest BCUT2D eigenvalue weighted by Crippen LogP contribution is 2.68. The van der Waals surface area contributed by atoms with Crippen LogP contribution in [-0.2, 0) is 14.9 Å². The lowest BCUT2D eigenvalue weighted by molar-refractivity contribution is -0.174. The fraction of sp³-hybridized carbons (Fsp3) is 0.962. The second-order valence-electron chi connectivity index (χ2n) is 12.6. The Morgan fingerprint density at radius 1 is 1.03 bits per heavy atom. The van der Waals surface area contributed by atoms with Crippen LogP contribution >= 0.6 is 0 Å². The maximum atomic E-state index is 12.2. The summed E-state index contributed by atoms with van der Waals surface area (Å²) in [5, 5.41) is 24.2. The third-order valence-electron chi connectivity index (χ3n) is 10.9. The van der Waals surface area contributed by atoms with E-state index in [-0.39, 0.29) is 35.5 Å². The maximum absolute atomic E-state index is 12.2. The van der Waals surface area contributed by atoms with Crippen molar-refractivity contribution >= 4 is 16.0 Å². The van der Waals surface area contributed by atoms with Crippen molar-refractivity contribution in [2.75, 3.05) is 12.3 Å². The first-order valence-electron chi connectivity index (χ1n) is 13.4. The molecule has 0 aromatic heterocycles.